The molecule has 0 heterocycles. The third-order valence-corrected chi connectivity index (χ3v) is 2.38. The summed E-state index contributed by atoms with van der Waals surface area (Å²) in [5.74, 6) is 0. The van der Waals surface area contributed by atoms with Gasteiger partial charge in [-0.1, -0.05) is 13.0 Å². The summed E-state index contributed by atoms with van der Waals surface area (Å²) >= 11 is 1.68. The lowest BCUT2D eigenvalue weighted by atomic mass is 10.2. The molecule has 0 rings (SSSR count). The molecule has 2 heteroatoms. The van der Waals surface area contributed by atoms with Gasteiger partial charge in [0.05, 0.1) is 6.10 Å². The average molecular weight is 146 g/mol. The molecule has 0 saturated carbocycles. The molecule has 0 aromatic rings. The Morgan fingerprint density at radius 2 is 2.33 bits per heavy atom. The minimum atomic E-state index is -0.225. The Bertz CT molecular complexity index is 83.0. The minimum Gasteiger partial charge on any atom is -0.392 e. The first kappa shape index (κ1) is 9.05. The number of aliphatic hydroxyl groups is 1. The molecule has 1 N–H and O–H groups in total. The van der Waals surface area contributed by atoms with Crippen LogP contribution >= 0.6 is 11.8 Å². The fraction of sp³-hybridized carbons (Fsp3) is 0.714. The van der Waals surface area contributed by atoms with Crippen LogP contribution in [-0.2, 0) is 0 Å². The molecule has 54 valence electrons. The fourth-order valence-electron chi connectivity index (χ4n) is 0.519. The van der Waals surface area contributed by atoms with E-state index in [-0.39, 0.29) is 6.10 Å². The van der Waals surface area contributed by atoms with E-state index in [1.54, 1.807) is 17.8 Å². The Morgan fingerprint density at radius 1 is 1.78 bits per heavy atom. The van der Waals surface area contributed by atoms with E-state index in [1.165, 1.54) is 0 Å². The van der Waals surface area contributed by atoms with Gasteiger partial charge in [-0.15, -0.1) is 6.58 Å². The van der Waals surface area contributed by atoms with Crippen molar-refractivity contribution in [3.63, 3.8) is 0 Å². The molecule has 0 spiro atoms. The second-order valence-corrected chi connectivity index (χ2v) is 3.25. The van der Waals surface area contributed by atoms with E-state index in [0.717, 1.165) is 0 Å². The smallest absolute Gasteiger partial charge is 0.0690 e. The van der Waals surface area contributed by atoms with Crippen LogP contribution in [0.4, 0.5) is 0 Å². The lowest BCUT2D eigenvalue weighted by molar-refractivity contribution is 0.179. The van der Waals surface area contributed by atoms with E-state index in [1.807, 2.05) is 13.2 Å². The average Bonchev–Trinajstić information content (AvgIpc) is 1.87. The number of aliphatic hydroxyl groups excluding tert-OH is 1. The normalized spacial score (nSPS) is 16.8. The summed E-state index contributed by atoms with van der Waals surface area (Å²) in [5, 5.41) is 9.55. The molecule has 2 atom stereocenters. The lowest BCUT2D eigenvalue weighted by Crippen LogP contribution is -2.18. The molecule has 0 aliphatic carbocycles. The predicted octanol–water partition coefficient (Wildman–Crippen LogP) is 1.67. The van der Waals surface area contributed by atoms with Crippen molar-refractivity contribution >= 4 is 11.8 Å². The van der Waals surface area contributed by atoms with Crippen LogP contribution in [0.2, 0.25) is 0 Å². The summed E-state index contributed by atoms with van der Waals surface area (Å²) in [5.41, 5.74) is 0. The summed E-state index contributed by atoms with van der Waals surface area (Å²) in [6, 6.07) is 0. The standard InChI is InChI=1S/C7H14OS/c1-4-5-7(8)6(2)9-3/h4,6-8H,1,5H2,2-3H3. The van der Waals surface area contributed by atoms with Gasteiger partial charge in [0.2, 0.25) is 0 Å². The Kier molecular flexibility index (Phi) is 4.91. The van der Waals surface area contributed by atoms with Crippen LogP contribution in [0.25, 0.3) is 0 Å². The zero-order valence-electron chi connectivity index (χ0n) is 6.00. The van der Waals surface area contributed by atoms with Crippen LogP contribution in [-0.4, -0.2) is 22.7 Å². The lowest BCUT2D eigenvalue weighted by Gasteiger charge is -2.13. The van der Waals surface area contributed by atoms with Crippen molar-refractivity contribution in [3.8, 4) is 0 Å². The van der Waals surface area contributed by atoms with Crippen molar-refractivity contribution in [1.82, 2.24) is 0 Å². The molecule has 9 heavy (non-hydrogen) atoms. The van der Waals surface area contributed by atoms with Crippen molar-refractivity contribution in [2.24, 2.45) is 0 Å². The highest BCUT2D eigenvalue weighted by Gasteiger charge is 2.09. The number of rotatable bonds is 4. The minimum absolute atomic E-state index is 0.225. The van der Waals surface area contributed by atoms with E-state index < -0.39 is 0 Å². The van der Waals surface area contributed by atoms with Crippen molar-refractivity contribution in [3.05, 3.63) is 12.7 Å². The second-order valence-electron chi connectivity index (χ2n) is 2.03. The molecular weight excluding hydrogens is 132 g/mol. The van der Waals surface area contributed by atoms with Gasteiger partial charge < -0.3 is 5.11 Å². The van der Waals surface area contributed by atoms with Gasteiger partial charge in [-0.25, -0.2) is 0 Å². The molecule has 0 aliphatic heterocycles. The summed E-state index contributed by atoms with van der Waals surface area (Å²) in [6.07, 6.45) is 4.22. The van der Waals surface area contributed by atoms with Gasteiger partial charge in [0.1, 0.15) is 0 Å². The Balaban J connectivity index is 3.44. The monoisotopic (exact) mass is 146 g/mol. The van der Waals surface area contributed by atoms with Gasteiger partial charge in [-0.05, 0) is 12.7 Å². The molecule has 0 aliphatic rings. The topological polar surface area (TPSA) is 20.2 Å². The predicted molar refractivity (Wildman–Crippen MR) is 43.8 cm³/mol. The fourth-order valence-corrected chi connectivity index (χ4v) is 0.945. The van der Waals surface area contributed by atoms with Crippen LogP contribution in [0.3, 0.4) is 0 Å². The van der Waals surface area contributed by atoms with Gasteiger partial charge in [-0.3, -0.25) is 0 Å². The maximum Gasteiger partial charge on any atom is 0.0690 e. The van der Waals surface area contributed by atoms with E-state index in [0.29, 0.717) is 11.7 Å². The molecule has 0 fully saturated rings. The summed E-state index contributed by atoms with van der Waals surface area (Å²) in [4.78, 5) is 0. The summed E-state index contributed by atoms with van der Waals surface area (Å²) in [7, 11) is 0. The van der Waals surface area contributed by atoms with E-state index >= 15 is 0 Å². The van der Waals surface area contributed by atoms with Gasteiger partial charge in [0.15, 0.2) is 0 Å². The second kappa shape index (κ2) is 4.89. The third kappa shape index (κ3) is 3.60. The maximum atomic E-state index is 9.23. The Labute approximate surface area is 61.2 Å². The number of thioether (sulfide) groups is 1. The van der Waals surface area contributed by atoms with Crippen molar-refractivity contribution in [2.45, 2.75) is 24.7 Å². The molecule has 0 aromatic heterocycles. The van der Waals surface area contributed by atoms with Crippen molar-refractivity contribution in [1.29, 1.82) is 0 Å². The quantitative estimate of drug-likeness (QED) is 0.609. The van der Waals surface area contributed by atoms with E-state index in [9.17, 15) is 5.11 Å². The van der Waals surface area contributed by atoms with Gasteiger partial charge in [0, 0.05) is 5.25 Å². The molecule has 1 nitrogen and oxygen atoms in total. The van der Waals surface area contributed by atoms with Crippen LogP contribution in [0.15, 0.2) is 12.7 Å². The third-order valence-electron chi connectivity index (χ3n) is 1.32. The van der Waals surface area contributed by atoms with E-state index in [4.69, 9.17) is 0 Å². The first-order valence-corrected chi connectivity index (χ1v) is 4.33. The molecule has 0 bridgehead atoms. The first-order valence-electron chi connectivity index (χ1n) is 3.04. The largest absolute Gasteiger partial charge is 0.392 e. The van der Waals surface area contributed by atoms with Crippen LogP contribution in [0.5, 0.6) is 0 Å². The molecule has 2 unspecified atom stereocenters. The van der Waals surface area contributed by atoms with Gasteiger partial charge in [0.25, 0.3) is 0 Å². The van der Waals surface area contributed by atoms with Crippen molar-refractivity contribution < 1.29 is 5.11 Å². The number of hydrogen-bond donors (Lipinski definition) is 1. The molecule has 0 aromatic carbocycles. The zero-order chi connectivity index (χ0) is 7.28. The van der Waals surface area contributed by atoms with Gasteiger partial charge >= 0.3 is 0 Å². The van der Waals surface area contributed by atoms with Gasteiger partial charge in [-0.2, -0.15) is 11.8 Å². The van der Waals surface area contributed by atoms with Crippen LogP contribution < -0.4 is 0 Å². The zero-order valence-corrected chi connectivity index (χ0v) is 6.82. The highest BCUT2D eigenvalue weighted by Crippen LogP contribution is 2.12. The summed E-state index contributed by atoms with van der Waals surface area (Å²) in [6.45, 7) is 5.56. The number of hydrogen-bond acceptors (Lipinski definition) is 2. The van der Waals surface area contributed by atoms with Crippen LogP contribution in [0.1, 0.15) is 13.3 Å². The highest BCUT2D eigenvalue weighted by molar-refractivity contribution is 7.99. The maximum absolute atomic E-state index is 9.23. The molecular formula is C7H14OS. The molecule has 0 saturated heterocycles. The molecule has 0 radical (unpaired) electrons. The molecule has 0 amide bonds. The first-order chi connectivity index (χ1) is 4.22. The van der Waals surface area contributed by atoms with E-state index in [2.05, 4.69) is 6.58 Å². The summed E-state index contributed by atoms with van der Waals surface area (Å²) < 4.78 is 0. The van der Waals surface area contributed by atoms with Crippen LogP contribution in [0, 0.1) is 0 Å². The Hall–Kier alpha value is 0.0500. The Morgan fingerprint density at radius 3 is 2.67 bits per heavy atom. The van der Waals surface area contributed by atoms with Crippen molar-refractivity contribution in [2.75, 3.05) is 6.26 Å². The SMILES string of the molecule is C=CCC(O)C(C)SC. The highest BCUT2D eigenvalue weighted by atomic mass is 32.2.